The standard InChI is InChI=1S/C22H22F2N2O5/c1-12-15(4-3-5-16(12)21(23)24)17-6-7-18(20-19(17)30-11-31-20)22(28)26-9-13(25-29-2)8-14(26)10-27/h3-7,14,21,27H,8-11H2,1-2H3/b25-13-. The van der Waals surface area contributed by atoms with E-state index in [4.69, 9.17) is 14.3 Å². The zero-order chi connectivity index (χ0) is 22.1. The first-order valence-electron chi connectivity index (χ1n) is 9.77. The first kappa shape index (κ1) is 21.0. The lowest BCUT2D eigenvalue weighted by Gasteiger charge is -2.23. The number of ether oxygens (including phenoxy) is 2. The summed E-state index contributed by atoms with van der Waals surface area (Å²) in [6.45, 7) is 1.56. The summed E-state index contributed by atoms with van der Waals surface area (Å²) in [4.78, 5) is 19.6. The highest BCUT2D eigenvalue weighted by Crippen LogP contribution is 2.46. The molecule has 1 unspecified atom stereocenters. The van der Waals surface area contributed by atoms with E-state index in [1.54, 1.807) is 31.2 Å². The minimum absolute atomic E-state index is 0.0573. The van der Waals surface area contributed by atoms with Gasteiger partial charge in [0.25, 0.3) is 12.3 Å². The van der Waals surface area contributed by atoms with E-state index < -0.39 is 12.5 Å². The van der Waals surface area contributed by atoms with Crippen LogP contribution < -0.4 is 9.47 Å². The number of oxime groups is 1. The Hall–Kier alpha value is -3.20. The van der Waals surface area contributed by atoms with Crippen molar-refractivity contribution in [3.05, 3.63) is 47.0 Å². The topological polar surface area (TPSA) is 80.6 Å². The molecule has 0 aliphatic carbocycles. The molecule has 31 heavy (non-hydrogen) atoms. The molecule has 7 nitrogen and oxygen atoms in total. The Bertz CT molecular complexity index is 1040. The summed E-state index contributed by atoms with van der Waals surface area (Å²) in [5.41, 5.74) is 2.47. The number of aliphatic hydroxyl groups excluding tert-OH is 1. The lowest BCUT2D eigenvalue weighted by Crippen LogP contribution is -2.38. The van der Waals surface area contributed by atoms with Gasteiger partial charge in [0.1, 0.15) is 7.11 Å². The van der Waals surface area contributed by atoms with Crippen LogP contribution in [0.25, 0.3) is 11.1 Å². The third kappa shape index (κ3) is 3.69. The van der Waals surface area contributed by atoms with Crippen LogP contribution in [0.15, 0.2) is 35.5 Å². The van der Waals surface area contributed by atoms with Crippen LogP contribution in [-0.2, 0) is 4.84 Å². The summed E-state index contributed by atoms with van der Waals surface area (Å²) >= 11 is 0. The number of benzene rings is 2. The van der Waals surface area contributed by atoms with Crippen molar-refractivity contribution in [2.24, 2.45) is 5.16 Å². The van der Waals surface area contributed by atoms with Crippen molar-refractivity contribution < 1.29 is 33.0 Å². The highest BCUT2D eigenvalue weighted by Gasteiger charge is 2.36. The Labute approximate surface area is 177 Å². The molecule has 164 valence electrons. The van der Waals surface area contributed by atoms with Gasteiger partial charge < -0.3 is 24.3 Å². The fourth-order valence-corrected chi connectivity index (χ4v) is 4.08. The van der Waals surface area contributed by atoms with Crippen molar-refractivity contribution in [2.45, 2.75) is 25.8 Å². The third-order valence-corrected chi connectivity index (χ3v) is 5.61. The predicted molar refractivity (Wildman–Crippen MR) is 109 cm³/mol. The van der Waals surface area contributed by atoms with Gasteiger partial charge in [0.15, 0.2) is 11.5 Å². The number of likely N-dealkylation sites (tertiary alicyclic amines) is 1. The number of hydrogen-bond donors (Lipinski definition) is 1. The molecule has 2 aliphatic rings. The van der Waals surface area contributed by atoms with Crippen LogP contribution in [0.2, 0.25) is 0 Å². The lowest BCUT2D eigenvalue weighted by molar-refractivity contribution is 0.0675. The molecule has 1 atom stereocenters. The van der Waals surface area contributed by atoms with Gasteiger partial charge in [-0.15, -0.1) is 0 Å². The van der Waals surface area contributed by atoms with Gasteiger partial charge in [-0.1, -0.05) is 23.4 Å². The van der Waals surface area contributed by atoms with Gasteiger partial charge in [-0.2, -0.15) is 0 Å². The number of nitrogens with zero attached hydrogens (tertiary/aromatic N) is 2. The van der Waals surface area contributed by atoms with E-state index >= 15 is 0 Å². The molecule has 0 radical (unpaired) electrons. The minimum atomic E-state index is -2.60. The molecule has 9 heteroatoms. The summed E-state index contributed by atoms with van der Waals surface area (Å²) in [6.07, 6.45) is -2.19. The van der Waals surface area contributed by atoms with Gasteiger partial charge in [-0.3, -0.25) is 4.79 Å². The van der Waals surface area contributed by atoms with Crippen molar-refractivity contribution in [2.75, 3.05) is 27.1 Å². The Morgan fingerprint density at radius 3 is 2.74 bits per heavy atom. The molecule has 1 saturated heterocycles. The summed E-state index contributed by atoms with van der Waals surface area (Å²) in [7, 11) is 1.42. The Kier molecular flexibility index (Phi) is 5.77. The fraction of sp³-hybridized carbons (Fsp3) is 0.364. The molecule has 0 bridgehead atoms. The summed E-state index contributed by atoms with van der Waals surface area (Å²) in [6, 6.07) is 7.53. The van der Waals surface area contributed by atoms with Crippen molar-refractivity contribution in [1.82, 2.24) is 4.90 Å². The smallest absolute Gasteiger partial charge is 0.264 e. The van der Waals surface area contributed by atoms with Crippen LogP contribution in [0, 0.1) is 6.92 Å². The van der Waals surface area contributed by atoms with Crippen molar-refractivity contribution in [3.8, 4) is 22.6 Å². The number of carbonyl (C=O) groups is 1. The average Bonchev–Trinajstić information content (AvgIpc) is 3.40. The van der Waals surface area contributed by atoms with E-state index in [9.17, 15) is 18.7 Å². The Morgan fingerprint density at radius 1 is 1.26 bits per heavy atom. The van der Waals surface area contributed by atoms with E-state index in [1.165, 1.54) is 18.1 Å². The van der Waals surface area contributed by atoms with Gasteiger partial charge in [0.05, 0.1) is 30.5 Å². The zero-order valence-corrected chi connectivity index (χ0v) is 17.1. The molecule has 0 spiro atoms. The number of alkyl halides is 2. The first-order valence-corrected chi connectivity index (χ1v) is 9.77. The van der Waals surface area contributed by atoms with Gasteiger partial charge in [-0.05, 0) is 30.2 Å². The second kappa shape index (κ2) is 8.50. The molecular weight excluding hydrogens is 410 g/mol. The largest absolute Gasteiger partial charge is 0.453 e. The number of rotatable bonds is 5. The first-order chi connectivity index (χ1) is 15.0. The normalized spacial score (nSPS) is 18.8. The molecule has 2 aliphatic heterocycles. The molecule has 1 fully saturated rings. The van der Waals surface area contributed by atoms with Crippen LogP contribution >= 0.6 is 0 Å². The van der Waals surface area contributed by atoms with Crippen LogP contribution in [0.3, 0.4) is 0 Å². The number of aliphatic hydroxyl groups is 1. The number of hydrogen-bond acceptors (Lipinski definition) is 6. The Morgan fingerprint density at radius 2 is 2.03 bits per heavy atom. The number of carbonyl (C=O) groups excluding carboxylic acids is 1. The van der Waals surface area contributed by atoms with Crippen molar-refractivity contribution in [1.29, 1.82) is 0 Å². The number of fused-ring (bicyclic) bond motifs is 1. The summed E-state index contributed by atoms with van der Waals surface area (Å²) in [5, 5.41) is 13.6. The monoisotopic (exact) mass is 432 g/mol. The molecule has 0 saturated carbocycles. The molecule has 1 amide bonds. The summed E-state index contributed by atoms with van der Waals surface area (Å²) < 4.78 is 37.9. The maximum atomic E-state index is 13.4. The molecule has 2 aromatic rings. The number of amides is 1. The van der Waals surface area contributed by atoms with E-state index in [1.807, 2.05) is 0 Å². The van der Waals surface area contributed by atoms with Gasteiger partial charge in [0.2, 0.25) is 6.79 Å². The maximum Gasteiger partial charge on any atom is 0.264 e. The highest BCUT2D eigenvalue weighted by molar-refractivity contribution is 6.03. The average molecular weight is 432 g/mol. The predicted octanol–water partition coefficient (Wildman–Crippen LogP) is 3.54. The lowest BCUT2D eigenvalue weighted by atomic mass is 9.94. The third-order valence-electron chi connectivity index (χ3n) is 5.61. The van der Waals surface area contributed by atoms with E-state index in [2.05, 4.69) is 5.16 Å². The second-order valence-corrected chi connectivity index (χ2v) is 7.36. The van der Waals surface area contributed by atoms with Crippen LogP contribution in [-0.4, -0.2) is 54.7 Å². The van der Waals surface area contributed by atoms with Crippen LogP contribution in [0.4, 0.5) is 8.78 Å². The zero-order valence-electron chi connectivity index (χ0n) is 17.1. The molecule has 2 heterocycles. The van der Waals surface area contributed by atoms with E-state index in [-0.39, 0.29) is 42.7 Å². The Balaban J connectivity index is 1.74. The molecular formula is C22H22F2N2O5. The second-order valence-electron chi connectivity index (χ2n) is 7.36. The molecule has 0 aromatic heterocycles. The number of halogens is 2. The van der Waals surface area contributed by atoms with E-state index in [0.29, 0.717) is 34.6 Å². The van der Waals surface area contributed by atoms with E-state index in [0.717, 1.165) is 0 Å². The van der Waals surface area contributed by atoms with Crippen molar-refractivity contribution in [3.63, 3.8) is 0 Å². The van der Waals surface area contributed by atoms with Gasteiger partial charge in [-0.25, -0.2) is 8.78 Å². The van der Waals surface area contributed by atoms with Crippen molar-refractivity contribution >= 4 is 11.6 Å². The molecule has 1 N–H and O–H groups in total. The molecule has 4 rings (SSSR count). The minimum Gasteiger partial charge on any atom is -0.453 e. The highest BCUT2D eigenvalue weighted by atomic mass is 19.3. The van der Waals surface area contributed by atoms with Crippen LogP contribution in [0.5, 0.6) is 11.5 Å². The summed E-state index contributed by atoms with van der Waals surface area (Å²) in [5.74, 6) is 0.260. The quantitative estimate of drug-likeness (QED) is 0.731. The fourth-order valence-electron chi connectivity index (χ4n) is 4.08. The van der Waals surface area contributed by atoms with Gasteiger partial charge in [0, 0.05) is 17.5 Å². The van der Waals surface area contributed by atoms with Gasteiger partial charge >= 0.3 is 0 Å². The molecule has 2 aromatic carbocycles. The van der Waals surface area contributed by atoms with Crippen LogP contribution in [0.1, 0.15) is 34.3 Å². The SMILES string of the molecule is CO/N=C1/CC(CO)N(C(=O)c2ccc(-c3cccc(C(F)F)c3C)c3c2OCO3)C1. The maximum absolute atomic E-state index is 13.4.